The van der Waals surface area contributed by atoms with Gasteiger partial charge in [0.25, 0.3) is 0 Å². The van der Waals surface area contributed by atoms with Gasteiger partial charge < -0.3 is 9.15 Å². The number of fused-ring (bicyclic) bond motifs is 1. The minimum absolute atomic E-state index is 0.0637. The van der Waals surface area contributed by atoms with Gasteiger partial charge in [-0.25, -0.2) is 14.8 Å². The summed E-state index contributed by atoms with van der Waals surface area (Å²) in [4.78, 5) is 22.8. The van der Waals surface area contributed by atoms with Crippen LogP contribution in [0.25, 0.3) is 5.65 Å². The lowest BCUT2D eigenvalue weighted by Crippen LogP contribution is -2.37. The third kappa shape index (κ3) is 4.21. The highest BCUT2D eigenvalue weighted by Crippen LogP contribution is 2.28. The number of carbonyl (C=O) groups is 1. The number of anilines is 1. The molecule has 0 aliphatic carbocycles. The van der Waals surface area contributed by atoms with Crippen molar-refractivity contribution in [3.05, 3.63) is 41.3 Å². The van der Waals surface area contributed by atoms with Gasteiger partial charge in [-0.3, -0.25) is 4.90 Å². The number of rotatable bonds is 4. The van der Waals surface area contributed by atoms with Crippen LogP contribution in [-0.4, -0.2) is 31.3 Å². The molecule has 3 aromatic heterocycles. The molecule has 0 saturated heterocycles. The number of amides is 1. The summed E-state index contributed by atoms with van der Waals surface area (Å²) >= 11 is 6.25. The molecule has 0 radical (unpaired) electrons. The molecule has 144 valence electrons. The van der Waals surface area contributed by atoms with E-state index in [-0.39, 0.29) is 17.6 Å². The smallest absolute Gasteiger partial charge is 0.416 e. The van der Waals surface area contributed by atoms with Crippen molar-refractivity contribution in [2.75, 3.05) is 4.90 Å². The SMILES string of the molecule is CC(C)c1cnn2c(N(Cc3ncco3)C(=O)OC(C)(C)C)cc(Cl)nc12. The van der Waals surface area contributed by atoms with Gasteiger partial charge in [-0.1, -0.05) is 25.4 Å². The normalized spacial score (nSPS) is 12.0. The van der Waals surface area contributed by atoms with Crippen LogP contribution in [0.3, 0.4) is 0 Å². The van der Waals surface area contributed by atoms with Crippen LogP contribution in [0.5, 0.6) is 0 Å². The summed E-state index contributed by atoms with van der Waals surface area (Å²) < 4.78 is 12.4. The molecular formula is C18H22ClN5O3. The highest BCUT2D eigenvalue weighted by atomic mass is 35.5. The van der Waals surface area contributed by atoms with Crippen LogP contribution in [0.1, 0.15) is 52.0 Å². The maximum absolute atomic E-state index is 12.9. The molecule has 0 aromatic carbocycles. The van der Waals surface area contributed by atoms with E-state index in [0.717, 1.165) is 5.56 Å². The van der Waals surface area contributed by atoms with E-state index in [2.05, 4.69) is 15.1 Å². The lowest BCUT2D eigenvalue weighted by atomic mass is 10.1. The summed E-state index contributed by atoms with van der Waals surface area (Å²) in [5.41, 5.74) is 0.849. The zero-order chi connectivity index (χ0) is 19.8. The predicted octanol–water partition coefficient (Wildman–Crippen LogP) is 4.44. The fourth-order valence-electron chi connectivity index (χ4n) is 2.56. The average Bonchev–Trinajstić information content (AvgIpc) is 3.19. The highest BCUT2D eigenvalue weighted by Gasteiger charge is 2.28. The van der Waals surface area contributed by atoms with Gasteiger partial charge in [-0.15, -0.1) is 0 Å². The Bertz CT molecular complexity index is 944. The second kappa shape index (κ2) is 7.19. The first-order chi connectivity index (χ1) is 12.7. The van der Waals surface area contributed by atoms with Crippen molar-refractivity contribution >= 4 is 29.2 Å². The molecule has 0 aliphatic heterocycles. The first-order valence-electron chi connectivity index (χ1n) is 8.59. The molecule has 9 heteroatoms. The molecule has 0 spiro atoms. The zero-order valence-corrected chi connectivity index (χ0v) is 16.7. The number of hydrogen-bond donors (Lipinski definition) is 0. The van der Waals surface area contributed by atoms with Crippen molar-refractivity contribution in [1.82, 2.24) is 19.6 Å². The molecule has 0 fully saturated rings. The third-order valence-electron chi connectivity index (χ3n) is 3.74. The molecule has 3 rings (SSSR count). The molecule has 0 N–H and O–H groups in total. The van der Waals surface area contributed by atoms with E-state index in [0.29, 0.717) is 17.4 Å². The molecule has 0 unspecified atom stereocenters. The Morgan fingerprint density at radius 3 is 2.74 bits per heavy atom. The van der Waals surface area contributed by atoms with Crippen molar-refractivity contribution in [3.8, 4) is 0 Å². The fraction of sp³-hybridized carbons (Fsp3) is 0.444. The van der Waals surface area contributed by atoms with Crippen molar-refractivity contribution in [2.45, 2.75) is 52.7 Å². The lowest BCUT2D eigenvalue weighted by molar-refractivity contribution is 0.0572. The van der Waals surface area contributed by atoms with E-state index >= 15 is 0 Å². The molecule has 8 nitrogen and oxygen atoms in total. The van der Waals surface area contributed by atoms with Crippen LogP contribution in [-0.2, 0) is 11.3 Å². The van der Waals surface area contributed by atoms with Gasteiger partial charge in [-0.2, -0.15) is 9.61 Å². The van der Waals surface area contributed by atoms with Crippen molar-refractivity contribution in [3.63, 3.8) is 0 Å². The first-order valence-corrected chi connectivity index (χ1v) is 8.96. The van der Waals surface area contributed by atoms with Crippen molar-refractivity contribution in [1.29, 1.82) is 0 Å². The maximum atomic E-state index is 12.9. The number of carbonyl (C=O) groups excluding carboxylic acids is 1. The van der Waals surface area contributed by atoms with Gasteiger partial charge >= 0.3 is 6.09 Å². The standard InChI is InChI=1S/C18H22ClN5O3/c1-11(2)12-9-21-24-15(8-13(19)22-16(12)24)23(10-14-20-6-7-26-14)17(25)27-18(3,4)5/h6-9,11H,10H2,1-5H3. The summed E-state index contributed by atoms with van der Waals surface area (Å²) in [6.45, 7) is 9.54. The minimum atomic E-state index is -0.672. The number of hydrogen-bond acceptors (Lipinski definition) is 6. The zero-order valence-electron chi connectivity index (χ0n) is 15.9. The highest BCUT2D eigenvalue weighted by molar-refractivity contribution is 6.29. The Morgan fingerprint density at radius 1 is 1.41 bits per heavy atom. The Morgan fingerprint density at radius 2 is 2.15 bits per heavy atom. The van der Waals surface area contributed by atoms with Crippen LogP contribution in [0.2, 0.25) is 5.15 Å². The molecule has 0 bridgehead atoms. The van der Waals surface area contributed by atoms with E-state index < -0.39 is 11.7 Å². The molecule has 27 heavy (non-hydrogen) atoms. The summed E-state index contributed by atoms with van der Waals surface area (Å²) in [7, 11) is 0. The first kappa shape index (κ1) is 19.2. The van der Waals surface area contributed by atoms with Gasteiger partial charge in [0.2, 0.25) is 5.89 Å². The molecule has 0 saturated carbocycles. The number of halogens is 1. The molecule has 1 amide bonds. The Labute approximate surface area is 162 Å². The number of aromatic nitrogens is 4. The summed E-state index contributed by atoms with van der Waals surface area (Å²) in [6.07, 6.45) is 4.13. The number of ether oxygens (including phenoxy) is 1. The van der Waals surface area contributed by atoms with Gasteiger partial charge in [0.1, 0.15) is 29.4 Å². The van der Waals surface area contributed by atoms with Crippen LogP contribution < -0.4 is 4.90 Å². The third-order valence-corrected chi connectivity index (χ3v) is 3.93. The molecule has 0 atom stereocenters. The van der Waals surface area contributed by atoms with Crippen LogP contribution >= 0.6 is 11.6 Å². The van der Waals surface area contributed by atoms with Crippen LogP contribution in [0.15, 0.2) is 29.1 Å². The van der Waals surface area contributed by atoms with Gasteiger partial charge in [0, 0.05) is 11.6 Å². The van der Waals surface area contributed by atoms with Crippen LogP contribution in [0, 0.1) is 0 Å². The minimum Gasteiger partial charge on any atom is -0.447 e. The lowest BCUT2D eigenvalue weighted by Gasteiger charge is -2.26. The molecular weight excluding hydrogens is 370 g/mol. The Kier molecular flexibility index (Phi) is 5.10. The second-order valence-electron chi connectivity index (χ2n) is 7.42. The topological polar surface area (TPSA) is 85.8 Å². The van der Waals surface area contributed by atoms with E-state index in [1.54, 1.807) is 37.5 Å². The van der Waals surface area contributed by atoms with Gasteiger partial charge in [0.15, 0.2) is 5.65 Å². The quantitative estimate of drug-likeness (QED) is 0.611. The van der Waals surface area contributed by atoms with Crippen molar-refractivity contribution < 1.29 is 13.9 Å². The largest absolute Gasteiger partial charge is 0.447 e. The van der Waals surface area contributed by atoms with Crippen LogP contribution in [0.4, 0.5) is 10.6 Å². The number of nitrogens with zero attached hydrogens (tertiary/aromatic N) is 5. The van der Waals surface area contributed by atoms with Gasteiger partial charge in [-0.05, 0) is 26.7 Å². The molecule has 3 aromatic rings. The molecule has 3 heterocycles. The summed E-state index contributed by atoms with van der Waals surface area (Å²) in [5.74, 6) is 0.977. The van der Waals surface area contributed by atoms with E-state index in [1.807, 2.05) is 13.8 Å². The van der Waals surface area contributed by atoms with E-state index in [4.69, 9.17) is 20.8 Å². The number of oxazole rings is 1. The summed E-state index contributed by atoms with van der Waals surface area (Å²) in [6, 6.07) is 1.57. The van der Waals surface area contributed by atoms with E-state index in [9.17, 15) is 4.79 Å². The monoisotopic (exact) mass is 391 g/mol. The van der Waals surface area contributed by atoms with Crippen molar-refractivity contribution in [2.24, 2.45) is 0 Å². The van der Waals surface area contributed by atoms with Gasteiger partial charge in [0.05, 0.1) is 12.4 Å². The molecule has 0 aliphatic rings. The predicted molar refractivity (Wildman–Crippen MR) is 101 cm³/mol. The maximum Gasteiger partial charge on any atom is 0.416 e. The Hall–Kier alpha value is -2.61. The second-order valence-corrected chi connectivity index (χ2v) is 7.81. The fourth-order valence-corrected chi connectivity index (χ4v) is 2.73. The summed E-state index contributed by atoms with van der Waals surface area (Å²) in [5, 5.41) is 4.66. The average molecular weight is 392 g/mol. The Balaban J connectivity index is 2.12. The van der Waals surface area contributed by atoms with E-state index in [1.165, 1.54) is 17.4 Å².